The molecule has 1 aliphatic rings. The summed E-state index contributed by atoms with van der Waals surface area (Å²) in [5, 5.41) is 4.33. The highest BCUT2D eigenvalue weighted by atomic mass is 32.2. The van der Waals surface area contributed by atoms with Crippen molar-refractivity contribution < 1.29 is 8.42 Å². The van der Waals surface area contributed by atoms with Crippen LogP contribution < -0.4 is 10.0 Å². The second kappa shape index (κ2) is 7.10. The van der Waals surface area contributed by atoms with E-state index in [-0.39, 0.29) is 0 Å². The molecule has 0 amide bonds. The van der Waals surface area contributed by atoms with E-state index in [2.05, 4.69) is 27.2 Å². The Bertz CT molecular complexity index is 558. The van der Waals surface area contributed by atoms with Crippen LogP contribution >= 0.6 is 11.8 Å². The van der Waals surface area contributed by atoms with Gasteiger partial charge in [-0.15, -0.1) is 0 Å². The molecule has 1 heterocycles. The summed E-state index contributed by atoms with van der Waals surface area (Å²) in [5.74, 6) is 0.977. The average molecular weight is 313 g/mol. The summed E-state index contributed by atoms with van der Waals surface area (Å²) in [5.41, 5.74) is 1.27. The van der Waals surface area contributed by atoms with E-state index in [4.69, 9.17) is 0 Å². The fourth-order valence-corrected chi connectivity index (χ4v) is 3.39. The Morgan fingerprint density at radius 2 is 2.15 bits per heavy atom. The molecule has 1 saturated heterocycles. The lowest BCUT2D eigenvalue weighted by atomic mass is 10.1. The van der Waals surface area contributed by atoms with Gasteiger partial charge in [-0.2, -0.15) is 0 Å². The zero-order valence-electron chi connectivity index (χ0n) is 11.4. The van der Waals surface area contributed by atoms with Gasteiger partial charge in [-0.05, 0) is 12.0 Å². The molecule has 0 aliphatic carbocycles. The highest BCUT2D eigenvalue weighted by Gasteiger charge is 2.21. The number of nitrogens with zero attached hydrogens (tertiary/aromatic N) is 1. The van der Waals surface area contributed by atoms with Gasteiger partial charge >= 0.3 is 0 Å². The second-order valence-electron chi connectivity index (χ2n) is 4.63. The van der Waals surface area contributed by atoms with Crippen molar-refractivity contribution in [1.82, 2.24) is 10.0 Å². The Labute approximate surface area is 124 Å². The number of hydrogen-bond donors (Lipinski definition) is 2. The predicted molar refractivity (Wildman–Crippen MR) is 84.5 cm³/mol. The zero-order chi connectivity index (χ0) is 14.4. The quantitative estimate of drug-likeness (QED) is 0.778. The van der Waals surface area contributed by atoms with E-state index in [1.165, 1.54) is 5.56 Å². The molecule has 1 atom stereocenters. The van der Waals surface area contributed by atoms with Crippen molar-refractivity contribution >= 4 is 27.0 Å². The van der Waals surface area contributed by atoms with Crippen LogP contribution in [0.4, 0.5) is 0 Å². The molecular formula is C13H19N3O2S2. The molecule has 7 heteroatoms. The molecule has 1 aromatic rings. The van der Waals surface area contributed by atoms with Crippen molar-refractivity contribution in [2.45, 2.75) is 12.5 Å². The summed E-state index contributed by atoms with van der Waals surface area (Å²) >= 11 is 1.71. The van der Waals surface area contributed by atoms with Gasteiger partial charge in [-0.1, -0.05) is 42.1 Å². The van der Waals surface area contributed by atoms with Crippen LogP contribution in [0.15, 0.2) is 35.3 Å². The minimum Gasteiger partial charge on any atom is -0.357 e. The maximum absolute atomic E-state index is 10.9. The van der Waals surface area contributed by atoms with Gasteiger partial charge in [0, 0.05) is 18.8 Å². The molecule has 1 fully saturated rings. The van der Waals surface area contributed by atoms with Gasteiger partial charge in [0.05, 0.1) is 12.3 Å². The topological polar surface area (TPSA) is 70.6 Å². The normalized spacial score (nSPS) is 21.1. The third-order valence-corrected chi connectivity index (χ3v) is 4.59. The molecule has 20 heavy (non-hydrogen) atoms. The third kappa shape index (κ3) is 5.15. The van der Waals surface area contributed by atoms with Gasteiger partial charge in [0.1, 0.15) is 0 Å². The molecule has 0 bridgehead atoms. The Balaban J connectivity index is 1.74. The lowest BCUT2D eigenvalue weighted by molar-refractivity contribution is 0.586. The number of rotatable bonds is 6. The molecule has 1 unspecified atom stereocenters. The molecule has 1 aliphatic heterocycles. The van der Waals surface area contributed by atoms with Crippen LogP contribution in [0.1, 0.15) is 18.0 Å². The van der Waals surface area contributed by atoms with E-state index in [9.17, 15) is 8.42 Å². The van der Waals surface area contributed by atoms with Gasteiger partial charge < -0.3 is 5.32 Å². The van der Waals surface area contributed by atoms with Crippen molar-refractivity contribution in [1.29, 1.82) is 0 Å². The first-order valence-electron chi connectivity index (χ1n) is 6.48. The molecular weight excluding hydrogens is 294 g/mol. The van der Waals surface area contributed by atoms with Crippen LogP contribution in [0.2, 0.25) is 0 Å². The largest absolute Gasteiger partial charge is 0.357 e. The lowest BCUT2D eigenvalue weighted by Crippen LogP contribution is -2.24. The third-order valence-electron chi connectivity index (χ3n) is 2.84. The van der Waals surface area contributed by atoms with Gasteiger partial charge in [0.2, 0.25) is 10.0 Å². The Morgan fingerprint density at radius 1 is 1.40 bits per heavy atom. The number of aliphatic imine (C=N–C) groups is 1. The first-order valence-corrected chi connectivity index (χ1v) is 9.36. The average Bonchev–Trinajstić information content (AvgIpc) is 2.87. The Morgan fingerprint density at radius 3 is 2.85 bits per heavy atom. The fourth-order valence-electron chi connectivity index (χ4n) is 1.87. The van der Waals surface area contributed by atoms with E-state index < -0.39 is 10.0 Å². The summed E-state index contributed by atoms with van der Waals surface area (Å²) in [6.07, 6.45) is 1.87. The molecule has 0 aromatic heterocycles. The van der Waals surface area contributed by atoms with Crippen LogP contribution in [0, 0.1) is 0 Å². The molecule has 2 N–H and O–H groups in total. The zero-order valence-corrected chi connectivity index (χ0v) is 13.0. The minimum absolute atomic E-state index is 0.314. The number of nitrogens with one attached hydrogen (secondary N) is 2. The van der Waals surface area contributed by atoms with E-state index in [0.29, 0.717) is 25.6 Å². The van der Waals surface area contributed by atoms with Crippen LogP contribution in [0.5, 0.6) is 0 Å². The molecule has 1 aromatic carbocycles. The predicted octanol–water partition coefficient (Wildman–Crippen LogP) is 1.36. The van der Waals surface area contributed by atoms with Gasteiger partial charge in [-0.3, -0.25) is 4.99 Å². The van der Waals surface area contributed by atoms with E-state index >= 15 is 0 Å². The standard InChI is InChI=1S/C13H19N3O2S2/c1-20(17,18)15-9-5-8-14-13-16-12(10-19-13)11-6-3-2-4-7-11/h2-4,6-7,12,15H,5,8-10H2,1H3,(H,14,16). The minimum atomic E-state index is -3.09. The van der Waals surface area contributed by atoms with Crippen LogP contribution in [-0.2, 0) is 10.0 Å². The summed E-state index contributed by atoms with van der Waals surface area (Å²) < 4.78 is 24.2. The molecule has 0 saturated carbocycles. The Hall–Kier alpha value is -1.05. The number of thioether (sulfide) groups is 1. The smallest absolute Gasteiger partial charge is 0.208 e. The van der Waals surface area contributed by atoms with Crippen molar-refractivity contribution in [2.24, 2.45) is 4.99 Å². The van der Waals surface area contributed by atoms with E-state index in [1.54, 1.807) is 11.8 Å². The lowest BCUT2D eigenvalue weighted by Gasteiger charge is -2.09. The second-order valence-corrected chi connectivity index (χ2v) is 7.47. The summed E-state index contributed by atoms with van der Waals surface area (Å²) in [6.45, 7) is 1.06. The maximum atomic E-state index is 10.9. The number of benzene rings is 1. The van der Waals surface area contributed by atoms with Crippen molar-refractivity contribution in [3.8, 4) is 0 Å². The number of sulfonamides is 1. The van der Waals surface area contributed by atoms with Crippen molar-refractivity contribution in [2.75, 3.05) is 25.1 Å². The Kier molecular flexibility index (Phi) is 5.45. The monoisotopic (exact) mass is 313 g/mol. The molecule has 0 spiro atoms. The first kappa shape index (κ1) is 15.3. The molecule has 2 rings (SSSR count). The van der Waals surface area contributed by atoms with Crippen molar-refractivity contribution in [3.63, 3.8) is 0 Å². The van der Waals surface area contributed by atoms with Gasteiger partial charge in [0.15, 0.2) is 5.17 Å². The van der Waals surface area contributed by atoms with Crippen LogP contribution in [0.25, 0.3) is 0 Å². The van der Waals surface area contributed by atoms with E-state index in [0.717, 1.165) is 17.2 Å². The van der Waals surface area contributed by atoms with Crippen LogP contribution in [-0.4, -0.2) is 38.7 Å². The number of amidine groups is 1. The van der Waals surface area contributed by atoms with Gasteiger partial charge in [0.25, 0.3) is 0 Å². The molecule has 5 nitrogen and oxygen atoms in total. The highest BCUT2D eigenvalue weighted by molar-refractivity contribution is 8.14. The molecule has 0 radical (unpaired) electrons. The summed E-state index contributed by atoms with van der Waals surface area (Å²) in [7, 11) is -3.09. The SMILES string of the molecule is CS(=O)(=O)NCCCN=C1NC(c2ccccc2)CS1. The maximum Gasteiger partial charge on any atom is 0.208 e. The highest BCUT2D eigenvalue weighted by Crippen LogP contribution is 2.25. The fraction of sp³-hybridized carbons (Fsp3) is 0.462. The van der Waals surface area contributed by atoms with Crippen LogP contribution in [0.3, 0.4) is 0 Å². The summed E-state index contributed by atoms with van der Waals surface area (Å²) in [4.78, 5) is 4.45. The van der Waals surface area contributed by atoms with Gasteiger partial charge in [-0.25, -0.2) is 13.1 Å². The van der Waals surface area contributed by atoms with Crippen molar-refractivity contribution in [3.05, 3.63) is 35.9 Å². The van der Waals surface area contributed by atoms with E-state index in [1.807, 2.05) is 18.2 Å². The first-order chi connectivity index (χ1) is 9.54. The number of hydrogen-bond acceptors (Lipinski definition) is 4. The molecule has 110 valence electrons. The summed E-state index contributed by atoms with van der Waals surface area (Å²) in [6, 6.07) is 10.6.